The Balaban J connectivity index is 1.95. The van der Waals surface area contributed by atoms with Gasteiger partial charge >= 0.3 is 6.03 Å². The number of amides is 3. The molecule has 1 aliphatic rings. The van der Waals surface area contributed by atoms with Crippen LogP contribution in [0, 0.1) is 6.92 Å². The van der Waals surface area contributed by atoms with Gasteiger partial charge in [0.1, 0.15) is 5.54 Å². The molecule has 0 aliphatic carbocycles. The number of benzene rings is 1. The van der Waals surface area contributed by atoms with Crippen LogP contribution in [0.1, 0.15) is 31.5 Å². The molecule has 2 aromatic rings. The van der Waals surface area contributed by atoms with Crippen molar-refractivity contribution in [1.29, 1.82) is 0 Å². The van der Waals surface area contributed by atoms with Crippen molar-refractivity contribution in [2.45, 2.75) is 32.7 Å². The zero-order valence-electron chi connectivity index (χ0n) is 12.8. The van der Waals surface area contributed by atoms with Crippen molar-refractivity contribution in [1.82, 2.24) is 15.3 Å². The van der Waals surface area contributed by atoms with Crippen LogP contribution in [0.25, 0.3) is 10.9 Å². The number of hydrogen-bond acceptors (Lipinski definition) is 3. The van der Waals surface area contributed by atoms with Crippen molar-refractivity contribution in [3.05, 3.63) is 35.5 Å². The summed E-state index contributed by atoms with van der Waals surface area (Å²) >= 11 is 0. The van der Waals surface area contributed by atoms with Crippen LogP contribution in [-0.4, -0.2) is 33.7 Å². The lowest BCUT2D eigenvalue weighted by atomic mass is 10.00. The minimum Gasteiger partial charge on any atom is -0.358 e. The topological polar surface area (TPSA) is 77.6 Å². The Morgan fingerprint density at radius 3 is 2.73 bits per heavy atom. The maximum Gasteiger partial charge on any atom is 0.346 e. The molecule has 6 heteroatoms. The summed E-state index contributed by atoms with van der Waals surface area (Å²) in [5.41, 5.74) is 1.94. The summed E-state index contributed by atoms with van der Waals surface area (Å²) in [6.07, 6.45) is 2.09. The van der Waals surface area contributed by atoms with Gasteiger partial charge in [-0.3, -0.25) is 4.79 Å². The van der Waals surface area contributed by atoms with Crippen molar-refractivity contribution in [2.75, 3.05) is 0 Å². The number of fused-ring (bicyclic) bond motifs is 1. The quantitative estimate of drug-likeness (QED) is 0.674. The van der Waals surface area contributed by atoms with Crippen molar-refractivity contribution in [3.63, 3.8) is 0 Å². The number of carbonyl (C=O) groups excluding carboxylic acids is 2. The minimum absolute atomic E-state index is 0.325. The predicted molar refractivity (Wildman–Crippen MR) is 84.7 cm³/mol. The Hall–Kier alpha value is -2.63. The minimum atomic E-state index is -0.871. The van der Waals surface area contributed by atoms with Gasteiger partial charge in [-0.2, -0.15) is 5.10 Å². The van der Waals surface area contributed by atoms with Gasteiger partial charge in [0.2, 0.25) is 0 Å². The standard InChI is InChI=1S/C16H18N4O2/c1-4-16(3)14(21)20(15(22)19-16)17-9-12-10(2)18-13-8-6-5-7-11(12)13/h5-9,18H,4H2,1-3H3,(H,19,22)/b17-9+/t16-/m1/s1. The molecule has 22 heavy (non-hydrogen) atoms. The molecule has 0 saturated carbocycles. The highest BCUT2D eigenvalue weighted by Gasteiger charge is 2.46. The summed E-state index contributed by atoms with van der Waals surface area (Å²) in [6.45, 7) is 5.50. The Kier molecular flexibility index (Phi) is 3.24. The van der Waals surface area contributed by atoms with Crippen LogP contribution in [0.3, 0.4) is 0 Å². The highest BCUT2D eigenvalue weighted by atomic mass is 16.2. The van der Waals surface area contributed by atoms with Gasteiger partial charge in [0.25, 0.3) is 5.91 Å². The van der Waals surface area contributed by atoms with Gasteiger partial charge in [-0.15, -0.1) is 5.01 Å². The molecule has 2 heterocycles. The van der Waals surface area contributed by atoms with E-state index in [9.17, 15) is 9.59 Å². The third-order valence-electron chi connectivity index (χ3n) is 4.19. The molecule has 1 aromatic heterocycles. The van der Waals surface area contributed by atoms with E-state index in [1.54, 1.807) is 13.1 Å². The summed E-state index contributed by atoms with van der Waals surface area (Å²) in [5.74, 6) is -0.325. The molecule has 114 valence electrons. The molecule has 0 spiro atoms. The van der Waals surface area contributed by atoms with E-state index in [2.05, 4.69) is 15.4 Å². The van der Waals surface area contributed by atoms with E-state index in [4.69, 9.17) is 0 Å². The van der Waals surface area contributed by atoms with E-state index < -0.39 is 11.6 Å². The molecular weight excluding hydrogens is 280 g/mol. The highest BCUT2D eigenvalue weighted by molar-refractivity contribution is 6.08. The van der Waals surface area contributed by atoms with E-state index in [1.807, 2.05) is 38.1 Å². The second-order valence-corrected chi connectivity index (χ2v) is 5.69. The first kappa shape index (κ1) is 14.3. The summed E-state index contributed by atoms with van der Waals surface area (Å²) < 4.78 is 0. The number of imide groups is 1. The molecule has 2 N–H and O–H groups in total. The Labute approximate surface area is 128 Å². The van der Waals surface area contributed by atoms with Crippen LogP contribution < -0.4 is 5.32 Å². The predicted octanol–water partition coefficient (Wildman–Crippen LogP) is 2.53. The SMILES string of the molecule is CC[C@@]1(C)NC(=O)N(/N=C/c2c(C)[nH]c3ccccc23)C1=O. The first-order valence-corrected chi connectivity index (χ1v) is 7.24. The molecule has 1 fully saturated rings. The van der Waals surface area contributed by atoms with E-state index in [-0.39, 0.29) is 5.91 Å². The van der Waals surface area contributed by atoms with Crippen molar-refractivity contribution < 1.29 is 9.59 Å². The zero-order chi connectivity index (χ0) is 15.9. The average molecular weight is 298 g/mol. The van der Waals surface area contributed by atoms with Gasteiger partial charge in [0.05, 0.1) is 6.21 Å². The molecule has 1 aromatic carbocycles. The maximum absolute atomic E-state index is 12.3. The number of H-pyrrole nitrogens is 1. The molecule has 3 rings (SSSR count). The first-order valence-electron chi connectivity index (χ1n) is 7.24. The third-order valence-corrected chi connectivity index (χ3v) is 4.19. The molecule has 6 nitrogen and oxygen atoms in total. The number of hydrogen-bond donors (Lipinski definition) is 2. The van der Waals surface area contributed by atoms with E-state index in [0.717, 1.165) is 27.2 Å². The normalized spacial score (nSPS) is 22.0. The van der Waals surface area contributed by atoms with Gasteiger partial charge in [-0.1, -0.05) is 25.1 Å². The number of para-hydroxylation sites is 1. The van der Waals surface area contributed by atoms with Crippen LogP contribution in [-0.2, 0) is 4.79 Å². The molecule has 1 atom stereocenters. The second kappa shape index (κ2) is 4.98. The lowest BCUT2D eigenvalue weighted by Crippen LogP contribution is -2.42. The van der Waals surface area contributed by atoms with Crippen molar-refractivity contribution >= 4 is 29.1 Å². The van der Waals surface area contributed by atoms with Crippen molar-refractivity contribution in [2.24, 2.45) is 5.10 Å². The van der Waals surface area contributed by atoms with E-state index in [1.165, 1.54) is 0 Å². The second-order valence-electron chi connectivity index (χ2n) is 5.69. The van der Waals surface area contributed by atoms with Gasteiger partial charge < -0.3 is 10.3 Å². The van der Waals surface area contributed by atoms with E-state index >= 15 is 0 Å². The molecule has 0 radical (unpaired) electrons. The van der Waals surface area contributed by atoms with Crippen LogP contribution >= 0.6 is 0 Å². The lowest BCUT2D eigenvalue weighted by molar-refractivity contribution is -0.130. The fourth-order valence-corrected chi connectivity index (χ4v) is 2.59. The smallest absolute Gasteiger partial charge is 0.346 e. The van der Waals surface area contributed by atoms with Crippen LogP contribution in [0.2, 0.25) is 0 Å². The van der Waals surface area contributed by atoms with Crippen LogP contribution in [0.5, 0.6) is 0 Å². The molecular formula is C16H18N4O2. The summed E-state index contributed by atoms with van der Waals surface area (Å²) in [6, 6.07) is 7.35. The fourth-order valence-electron chi connectivity index (χ4n) is 2.59. The zero-order valence-corrected chi connectivity index (χ0v) is 12.8. The third kappa shape index (κ3) is 2.07. The first-order chi connectivity index (χ1) is 10.5. The van der Waals surface area contributed by atoms with Gasteiger partial charge in [-0.25, -0.2) is 4.79 Å². The lowest BCUT2D eigenvalue weighted by Gasteiger charge is -2.17. The summed E-state index contributed by atoms with van der Waals surface area (Å²) in [5, 5.41) is 8.70. The van der Waals surface area contributed by atoms with E-state index in [0.29, 0.717) is 6.42 Å². The molecule has 0 bridgehead atoms. The van der Waals surface area contributed by atoms with Gasteiger partial charge in [0, 0.05) is 22.2 Å². The van der Waals surface area contributed by atoms with Gasteiger partial charge in [-0.05, 0) is 26.3 Å². The highest BCUT2D eigenvalue weighted by Crippen LogP contribution is 2.23. The monoisotopic (exact) mass is 298 g/mol. The Morgan fingerprint density at radius 1 is 1.32 bits per heavy atom. The van der Waals surface area contributed by atoms with Gasteiger partial charge in [0.15, 0.2) is 0 Å². The number of urea groups is 1. The molecule has 1 saturated heterocycles. The maximum atomic E-state index is 12.3. The summed E-state index contributed by atoms with van der Waals surface area (Å²) in [4.78, 5) is 27.5. The fraction of sp³-hybridized carbons (Fsp3) is 0.312. The number of nitrogens with one attached hydrogen (secondary N) is 2. The number of nitrogens with zero attached hydrogens (tertiary/aromatic N) is 2. The number of rotatable bonds is 3. The number of aromatic amines is 1. The number of carbonyl (C=O) groups is 2. The number of hydrazone groups is 1. The number of aryl methyl sites for hydroxylation is 1. The Bertz CT molecular complexity index is 793. The Morgan fingerprint density at radius 2 is 2.05 bits per heavy atom. The van der Waals surface area contributed by atoms with Crippen molar-refractivity contribution in [3.8, 4) is 0 Å². The average Bonchev–Trinajstić information content (AvgIpc) is 2.93. The molecule has 3 amide bonds. The van der Waals surface area contributed by atoms with Crippen LogP contribution in [0.4, 0.5) is 4.79 Å². The number of aromatic nitrogens is 1. The van der Waals surface area contributed by atoms with Crippen LogP contribution in [0.15, 0.2) is 29.4 Å². The largest absolute Gasteiger partial charge is 0.358 e. The molecule has 1 aliphatic heterocycles. The molecule has 0 unspecified atom stereocenters. The summed E-state index contributed by atoms with van der Waals surface area (Å²) in [7, 11) is 0.